The van der Waals surface area contributed by atoms with Crippen molar-refractivity contribution in [3.8, 4) is 6.07 Å². The van der Waals surface area contributed by atoms with Crippen LogP contribution in [-0.2, 0) is 6.54 Å². The highest BCUT2D eigenvalue weighted by Gasteiger charge is 2.38. The van der Waals surface area contributed by atoms with E-state index in [2.05, 4.69) is 22.5 Å². The van der Waals surface area contributed by atoms with E-state index < -0.39 is 0 Å². The summed E-state index contributed by atoms with van der Waals surface area (Å²) in [6, 6.07) is 7.81. The summed E-state index contributed by atoms with van der Waals surface area (Å²) in [5.41, 5.74) is 2.99. The van der Waals surface area contributed by atoms with E-state index in [0.29, 0.717) is 11.0 Å². The van der Waals surface area contributed by atoms with Gasteiger partial charge in [0.05, 0.1) is 28.0 Å². The molecule has 1 atom stereocenters. The number of rotatable bonds is 3. The van der Waals surface area contributed by atoms with Gasteiger partial charge < -0.3 is 4.57 Å². The van der Waals surface area contributed by atoms with Crippen LogP contribution in [0.15, 0.2) is 18.2 Å². The zero-order chi connectivity index (χ0) is 13.6. The Morgan fingerprint density at radius 2 is 2.26 bits per heavy atom. The van der Waals surface area contributed by atoms with Crippen LogP contribution in [-0.4, -0.2) is 9.55 Å². The van der Waals surface area contributed by atoms with Crippen molar-refractivity contribution in [2.24, 2.45) is 5.41 Å². The molecule has 2 aromatic rings. The summed E-state index contributed by atoms with van der Waals surface area (Å²) in [4.78, 5) is 4.62. The molecule has 98 valence electrons. The number of imidazole rings is 1. The Morgan fingerprint density at radius 3 is 2.84 bits per heavy atom. The average molecular weight is 274 g/mol. The second kappa shape index (κ2) is 4.25. The number of alkyl halides is 1. The van der Waals surface area contributed by atoms with Crippen LogP contribution in [0.25, 0.3) is 11.0 Å². The molecule has 0 bridgehead atoms. The summed E-state index contributed by atoms with van der Waals surface area (Å²) in [6.07, 6.45) is 2.50. The van der Waals surface area contributed by atoms with Crippen molar-refractivity contribution in [1.82, 2.24) is 9.55 Å². The number of aromatic nitrogens is 2. The third-order valence-electron chi connectivity index (χ3n) is 3.91. The number of hydrogen-bond acceptors (Lipinski definition) is 2. The molecule has 1 aliphatic rings. The molecule has 19 heavy (non-hydrogen) atoms. The highest BCUT2D eigenvalue weighted by atomic mass is 35.5. The molecule has 3 nitrogen and oxygen atoms in total. The van der Waals surface area contributed by atoms with Crippen molar-refractivity contribution in [2.75, 3.05) is 0 Å². The second-order valence-electron chi connectivity index (χ2n) is 5.80. The van der Waals surface area contributed by atoms with Gasteiger partial charge in [-0.2, -0.15) is 5.26 Å². The van der Waals surface area contributed by atoms with E-state index in [4.69, 9.17) is 16.9 Å². The first-order valence-electron chi connectivity index (χ1n) is 6.57. The minimum atomic E-state index is -0.125. The third-order valence-corrected chi connectivity index (χ3v) is 4.10. The molecule has 0 aliphatic heterocycles. The number of nitrogens with zero attached hydrogens (tertiary/aromatic N) is 3. The average Bonchev–Trinajstić information content (AvgIpc) is 3.00. The van der Waals surface area contributed by atoms with Crippen LogP contribution in [0.1, 0.15) is 43.5 Å². The molecule has 0 amide bonds. The molecule has 0 spiro atoms. The first-order chi connectivity index (χ1) is 9.02. The summed E-state index contributed by atoms with van der Waals surface area (Å²) < 4.78 is 2.20. The zero-order valence-corrected chi connectivity index (χ0v) is 11.9. The lowest BCUT2D eigenvalue weighted by Crippen LogP contribution is -2.11. The molecule has 0 N–H and O–H groups in total. The van der Waals surface area contributed by atoms with E-state index >= 15 is 0 Å². The molecule has 4 heteroatoms. The lowest BCUT2D eigenvalue weighted by molar-refractivity contribution is 0.461. The number of halogens is 1. The van der Waals surface area contributed by atoms with Gasteiger partial charge in [-0.1, -0.05) is 6.92 Å². The molecule has 1 unspecified atom stereocenters. The molecular formula is C15H16ClN3. The molecule has 3 rings (SSSR count). The second-order valence-corrected chi connectivity index (χ2v) is 6.45. The number of fused-ring (bicyclic) bond motifs is 1. The van der Waals surface area contributed by atoms with Crippen LogP contribution >= 0.6 is 11.6 Å². The molecular weight excluding hydrogens is 258 g/mol. The lowest BCUT2D eigenvalue weighted by Gasteiger charge is -2.14. The summed E-state index contributed by atoms with van der Waals surface area (Å²) >= 11 is 6.25. The quantitative estimate of drug-likeness (QED) is 0.793. The Bertz CT molecular complexity index is 674. The van der Waals surface area contributed by atoms with Crippen LogP contribution < -0.4 is 0 Å². The van der Waals surface area contributed by atoms with Crippen LogP contribution in [0.2, 0.25) is 0 Å². The summed E-state index contributed by atoms with van der Waals surface area (Å²) in [5, 5.41) is 8.92. The van der Waals surface area contributed by atoms with Gasteiger partial charge in [-0.15, -0.1) is 11.6 Å². The highest BCUT2D eigenvalue weighted by Crippen LogP contribution is 2.47. The monoisotopic (exact) mass is 273 g/mol. The number of nitriles is 1. The van der Waals surface area contributed by atoms with Gasteiger partial charge in [0.25, 0.3) is 0 Å². The van der Waals surface area contributed by atoms with Crippen LogP contribution in [0.3, 0.4) is 0 Å². The molecule has 1 fully saturated rings. The van der Waals surface area contributed by atoms with Crippen molar-refractivity contribution in [2.45, 2.75) is 38.6 Å². The molecule has 1 saturated carbocycles. The first kappa shape index (κ1) is 12.5. The normalized spacial score (nSPS) is 18.2. The van der Waals surface area contributed by atoms with E-state index in [9.17, 15) is 0 Å². The Balaban J connectivity index is 2.18. The van der Waals surface area contributed by atoms with Crippen LogP contribution in [0.4, 0.5) is 0 Å². The lowest BCUT2D eigenvalue weighted by atomic mass is 10.1. The SMILES string of the molecule is CC(Cl)c1nc2ccc(C#N)cc2n1CC1(C)CC1. The van der Waals surface area contributed by atoms with Gasteiger partial charge in [0.15, 0.2) is 0 Å². The van der Waals surface area contributed by atoms with Crippen LogP contribution in [0.5, 0.6) is 0 Å². The molecule has 0 radical (unpaired) electrons. The topological polar surface area (TPSA) is 41.6 Å². The largest absolute Gasteiger partial charge is 0.326 e. The van der Waals surface area contributed by atoms with Crippen molar-refractivity contribution in [3.63, 3.8) is 0 Å². The Labute approximate surface area is 117 Å². The van der Waals surface area contributed by atoms with E-state index in [1.54, 1.807) is 6.07 Å². The third kappa shape index (κ3) is 2.21. The fourth-order valence-corrected chi connectivity index (χ4v) is 2.60. The van der Waals surface area contributed by atoms with Gasteiger partial charge in [-0.05, 0) is 43.4 Å². The van der Waals surface area contributed by atoms with E-state index in [0.717, 1.165) is 23.4 Å². The highest BCUT2D eigenvalue weighted by molar-refractivity contribution is 6.20. The van der Waals surface area contributed by atoms with Gasteiger partial charge in [0, 0.05) is 6.54 Å². The fourth-order valence-electron chi connectivity index (χ4n) is 2.43. The van der Waals surface area contributed by atoms with E-state index in [1.807, 2.05) is 19.1 Å². The minimum absolute atomic E-state index is 0.125. The van der Waals surface area contributed by atoms with E-state index in [-0.39, 0.29) is 5.38 Å². The van der Waals surface area contributed by atoms with Crippen molar-refractivity contribution >= 4 is 22.6 Å². The Kier molecular flexibility index (Phi) is 2.79. The maximum atomic E-state index is 9.04. The molecule has 1 aliphatic carbocycles. The van der Waals surface area contributed by atoms with Gasteiger partial charge in [0.1, 0.15) is 5.82 Å². The van der Waals surface area contributed by atoms with Crippen molar-refractivity contribution < 1.29 is 0 Å². The predicted octanol–water partition coefficient (Wildman–Crippen LogP) is 4.01. The summed E-state index contributed by atoms with van der Waals surface area (Å²) in [7, 11) is 0. The molecule has 1 aromatic carbocycles. The van der Waals surface area contributed by atoms with E-state index in [1.165, 1.54) is 12.8 Å². The smallest absolute Gasteiger partial charge is 0.127 e. The van der Waals surface area contributed by atoms with Gasteiger partial charge in [-0.3, -0.25) is 0 Å². The van der Waals surface area contributed by atoms with Gasteiger partial charge in [-0.25, -0.2) is 4.98 Å². The fraction of sp³-hybridized carbons (Fsp3) is 0.467. The maximum Gasteiger partial charge on any atom is 0.127 e. The number of hydrogen-bond donors (Lipinski definition) is 0. The van der Waals surface area contributed by atoms with Crippen molar-refractivity contribution in [3.05, 3.63) is 29.6 Å². The zero-order valence-electron chi connectivity index (χ0n) is 11.2. The van der Waals surface area contributed by atoms with Crippen LogP contribution in [0, 0.1) is 16.7 Å². The number of benzene rings is 1. The predicted molar refractivity (Wildman–Crippen MR) is 76.1 cm³/mol. The standard InChI is InChI=1S/C15H16ClN3/c1-10(16)14-18-12-4-3-11(8-17)7-13(12)19(14)9-15(2)5-6-15/h3-4,7,10H,5-6,9H2,1-2H3. The Morgan fingerprint density at radius 1 is 1.53 bits per heavy atom. The molecule has 1 heterocycles. The van der Waals surface area contributed by atoms with Gasteiger partial charge in [0.2, 0.25) is 0 Å². The first-order valence-corrected chi connectivity index (χ1v) is 7.00. The summed E-state index contributed by atoms with van der Waals surface area (Å²) in [5.74, 6) is 0.903. The maximum absolute atomic E-state index is 9.04. The Hall–Kier alpha value is -1.53. The molecule has 1 aromatic heterocycles. The summed E-state index contributed by atoms with van der Waals surface area (Å²) in [6.45, 7) is 5.17. The van der Waals surface area contributed by atoms with Gasteiger partial charge >= 0.3 is 0 Å². The minimum Gasteiger partial charge on any atom is -0.326 e. The molecule has 0 saturated heterocycles. The van der Waals surface area contributed by atoms with Crippen molar-refractivity contribution in [1.29, 1.82) is 5.26 Å².